The first-order valence-electron chi connectivity index (χ1n) is 27.2. The molecule has 0 radical (unpaired) electrons. The molecule has 2 aliphatic heterocycles. The number of nitrogens with two attached hydrogens (primary N) is 1. The van der Waals surface area contributed by atoms with Crippen LogP contribution >= 0.6 is 22.9 Å². The van der Waals surface area contributed by atoms with Crippen LogP contribution in [0.3, 0.4) is 0 Å². The highest BCUT2D eigenvalue weighted by molar-refractivity contribution is 7.13. The van der Waals surface area contributed by atoms with Gasteiger partial charge in [-0.1, -0.05) is 67.0 Å². The minimum atomic E-state index is -0.888. The smallest absolute Gasteiger partial charge is 0.314 e. The number of aliphatic hydroxyl groups is 1. The number of hydrogen-bond acceptors (Lipinski definition) is 17. The number of aryl methyl sites for hydroxylation is 2. The third-order valence-electron chi connectivity index (χ3n) is 14.6. The number of phenolic OH excluding ortho intramolecular Hbond substituents is 1. The number of ether oxygens (including phenoxy) is 3. The van der Waals surface area contributed by atoms with Crippen LogP contribution in [0.4, 0.5) is 21.0 Å². The maximum Gasteiger partial charge on any atom is 0.314 e. The molecule has 7 aromatic rings. The van der Waals surface area contributed by atoms with Gasteiger partial charge in [-0.15, -0.1) is 11.3 Å². The van der Waals surface area contributed by atoms with Crippen molar-refractivity contribution in [3.05, 3.63) is 106 Å². The highest BCUT2D eigenvalue weighted by atomic mass is 35.5. The van der Waals surface area contributed by atoms with Crippen LogP contribution in [0.25, 0.3) is 43.2 Å². The predicted octanol–water partition coefficient (Wildman–Crippen LogP) is 7.27. The fourth-order valence-corrected chi connectivity index (χ4v) is 11.4. The number of likely N-dealkylation sites (tertiary alicyclic amines) is 1. The lowest BCUT2D eigenvalue weighted by Crippen LogP contribution is -2.50. The number of aliphatic hydroxyl groups excluding tert-OH is 1. The first-order valence-corrected chi connectivity index (χ1v) is 28.4. The third-order valence-corrected chi connectivity index (χ3v) is 15.9. The zero-order valence-corrected chi connectivity index (χ0v) is 47.9. The fourth-order valence-electron chi connectivity index (χ4n) is 10.3. The van der Waals surface area contributed by atoms with Gasteiger partial charge in [-0.3, -0.25) is 14.4 Å². The Balaban J connectivity index is 0.752. The molecule has 2 saturated heterocycles. The van der Waals surface area contributed by atoms with Crippen molar-refractivity contribution in [1.29, 1.82) is 0 Å². The molecule has 0 aliphatic carbocycles. The van der Waals surface area contributed by atoms with E-state index in [1.54, 1.807) is 42.6 Å². The number of carbonyl (C=O) groups excluding carboxylic acids is 4. The highest BCUT2D eigenvalue weighted by Gasteiger charge is 2.43. The number of halogens is 2. The Hall–Kier alpha value is -7.70. The summed E-state index contributed by atoms with van der Waals surface area (Å²) in [6.45, 7) is 10.6. The summed E-state index contributed by atoms with van der Waals surface area (Å²) in [6.07, 6.45) is -0.706. The molecule has 21 nitrogen and oxygen atoms in total. The number of likely N-dealkylation sites (N-methyl/N-ethyl adjacent to an activating group) is 1. The van der Waals surface area contributed by atoms with Gasteiger partial charge >= 0.3 is 6.03 Å². The summed E-state index contributed by atoms with van der Waals surface area (Å²) in [5.41, 5.74) is 10.9. The number of aromatic nitrogens is 4. The van der Waals surface area contributed by atoms with Crippen LogP contribution in [0, 0.1) is 25.6 Å². The van der Waals surface area contributed by atoms with E-state index in [0.717, 1.165) is 16.1 Å². The topological polar surface area (TPSA) is 264 Å². The number of phenols is 1. The zero-order valence-electron chi connectivity index (χ0n) is 46.3. The van der Waals surface area contributed by atoms with Crippen molar-refractivity contribution in [3.8, 4) is 33.1 Å². The molecule has 434 valence electrons. The number of anilines is 2. The molecule has 0 spiro atoms. The number of nitrogens with zero attached hydrogens (tertiary/aromatic N) is 8. The van der Waals surface area contributed by atoms with Crippen LogP contribution in [0.1, 0.15) is 55.3 Å². The summed E-state index contributed by atoms with van der Waals surface area (Å²) in [7, 11) is 1.67. The lowest BCUT2D eigenvalue weighted by molar-refractivity contribution is -0.141. The van der Waals surface area contributed by atoms with Crippen molar-refractivity contribution in [2.45, 2.75) is 65.1 Å². The standard InChI is InChI=1S/C58H67ClFN11O10S/c1-33(2)49(47-24-34(3)67-81-47)56(76)71-31-40(73)28-45(71)55(75)63-30-38-11-10-37(53-35(4)64-32-82-53)26-46(38)80-23-22-79-21-20-78-19-18-68(5)48(74)12-13-62-58-65-52-43(54(66-58)69-14-16-70(17-15-69)57(61)77)29-44(59)50(51(52)60)42-27-39(72)25-36-8-6-7-9-41(36)42/h6-11,24-27,29,32-33,40,45,49,72-73H,12-23,28,30-31H2,1-5H3,(H2,61,77)(H,63,75)(H,62,65,66)/t40-,45+,49-/m1/s1. The average molecular weight is 1160 g/mol. The van der Waals surface area contributed by atoms with E-state index in [9.17, 15) is 29.4 Å². The summed E-state index contributed by atoms with van der Waals surface area (Å²) in [4.78, 5) is 74.1. The van der Waals surface area contributed by atoms with E-state index >= 15 is 4.39 Å². The second-order valence-corrected chi connectivity index (χ2v) is 22.0. The zero-order chi connectivity index (χ0) is 58.2. The molecule has 5 heterocycles. The molecule has 3 atom stereocenters. The fraction of sp³-hybridized carbons (Fsp3) is 0.414. The number of benzene rings is 4. The predicted molar refractivity (Wildman–Crippen MR) is 309 cm³/mol. The van der Waals surface area contributed by atoms with Gasteiger partial charge in [-0.2, -0.15) is 4.98 Å². The van der Waals surface area contributed by atoms with Crippen LogP contribution in [-0.4, -0.2) is 167 Å². The molecule has 5 amide bonds. The van der Waals surface area contributed by atoms with E-state index in [1.807, 2.05) is 68.1 Å². The van der Waals surface area contributed by atoms with Crippen LogP contribution in [0.2, 0.25) is 5.02 Å². The number of carbonyl (C=O) groups is 4. The van der Waals surface area contributed by atoms with Crippen LogP contribution in [0.15, 0.2) is 76.8 Å². The van der Waals surface area contributed by atoms with Crippen molar-refractivity contribution in [3.63, 3.8) is 0 Å². The number of aromatic hydroxyl groups is 1. The van der Waals surface area contributed by atoms with Gasteiger partial charge in [0.1, 0.15) is 47.2 Å². The lowest BCUT2D eigenvalue weighted by atomic mass is 9.91. The van der Waals surface area contributed by atoms with E-state index in [2.05, 4.69) is 25.8 Å². The molecule has 0 bridgehead atoms. The molecule has 0 saturated carbocycles. The van der Waals surface area contributed by atoms with Gasteiger partial charge in [0.2, 0.25) is 23.7 Å². The third kappa shape index (κ3) is 13.6. The van der Waals surface area contributed by atoms with Gasteiger partial charge in [0, 0.05) is 94.8 Å². The Morgan fingerprint density at radius 3 is 2.44 bits per heavy atom. The second-order valence-electron chi connectivity index (χ2n) is 20.7. The van der Waals surface area contributed by atoms with Gasteiger partial charge in [0.15, 0.2) is 5.82 Å². The number of piperazine rings is 1. The normalized spacial score (nSPS) is 15.8. The number of rotatable bonds is 23. The van der Waals surface area contributed by atoms with E-state index in [4.69, 9.17) is 41.1 Å². The molecular formula is C58H67ClFN11O10S. The maximum atomic E-state index is 17.0. The Bertz CT molecular complexity index is 3450. The van der Waals surface area contributed by atoms with Gasteiger partial charge in [-0.05, 0) is 65.9 Å². The number of urea groups is 1. The monoisotopic (exact) mass is 1160 g/mol. The summed E-state index contributed by atoms with van der Waals surface area (Å²) >= 11 is 8.38. The Kier molecular flexibility index (Phi) is 19.0. The van der Waals surface area contributed by atoms with Gasteiger partial charge in [0.25, 0.3) is 0 Å². The average Bonchev–Trinajstić information content (AvgIpc) is 4.26. The number of nitrogens with one attached hydrogen (secondary N) is 2. The van der Waals surface area contributed by atoms with Crippen LogP contribution < -0.4 is 26.0 Å². The molecule has 3 aromatic heterocycles. The summed E-state index contributed by atoms with van der Waals surface area (Å²) in [6, 6.07) is 18.0. The molecule has 4 aromatic carbocycles. The minimum absolute atomic E-state index is 0.0179. The lowest BCUT2D eigenvalue weighted by Gasteiger charge is -2.35. The van der Waals surface area contributed by atoms with E-state index in [0.29, 0.717) is 83.0 Å². The number of thiazole rings is 1. The highest BCUT2D eigenvalue weighted by Crippen LogP contribution is 2.43. The van der Waals surface area contributed by atoms with Crippen molar-refractivity contribution in [2.75, 3.05) is 96.1 Å². The molecular weight excluding hydrogens is 1100 g/mol. The van der Waals surface area contributed by atoms with Gasteiger partial charge < -0.3 is 64.9 Å². The van der Waals surface area contributed by atoms with Crippen molar-refractivity contribution >= 4 is 80.1 Å². The molecule has 2 fully saturated rings. The van der Waals surface area contributed by atoms with Crippen LogP contribution in [-0.2, 0) is 30.4 Å². The SMILES string of the molecule is Cc1cc([C@H](C(=O)N2C[C@H](O)C[C@H]2C(=O)NCc2ccc(-c3scnc3C)cc2OCCOCCOCCN(C)C(=O)CCNc2nc(N3CCN(C(N)=O)CC3)c3cc(Cl)c(-c4cc(O)cc5ccccc45)c(F)c3n2)C(C)C)on1. The summed E-state index contributed by atoms with van der Waals surface area (Å²) in [5.74, 6) is -1.05. The Morgan fingerprint density at radius 2 is 1.72 bits per heavy atom. The molecule has 24 heteroatoms. The summed E-state index contributed by atoms with van der Waals surface area (Å²) < 4.78 is 40.4. The molecule has 2 aliphatic rings. The van der Waals surface area contributed by atoms with E-state index < -0.39 is 35.8 Å². The Labute approximate surface area is 482 Å². The van der Waals surface area contributed by atoms with Crippen molar-refractivity contribution in [1.82, 2.24) is 40.1 Å². The van der Waals surface area contributed by atoms with Crippen molar-refractivity contribution < 1.29 is 52.5 Å². The molecule has 82 heavy (non-hydrogen) atoms. The van der Waals surface area contributed by atoms with E-state index in [-0.39, 0.29) is 111 Å². The van der Waals surface area contributed by atoms with Crippen LogP contribution in [0.5, 0.6) is 11.5 Å². The summed E-state index contributed by atoms with van der Waals surface area (Å²) in [5, 5.41) is 33.2. The maximum absolute atomic E-state index is 17.0. The first-order chi connectivity index (χ1) is 39.4. The molecule has 9 rings (SSSR count). The Morgan fingerprint density at radius 1 is 0.963 bits per heavy atom. The minimum Gasteiger partial charge on any atom is -0.508 e. The second kappa shape index (κ2) is 26.5. The largest absolute Gasteiger partial charge is 0.508 e. The number of primary amides is 1. The number of hydrogen-bond donors (Lipinski definition) is 5. The quantitative estimate of drug-likeness (QED) is 0.0394. The van der Waals surface area contributed by atoms with Gasteiger partial charge in [0.05, 0.1) is 59.3 Å². The van der Waals surface area contributed by atoms with E-state index in [1.165, 1.54) is 27.2 Å². The first kappa shape index (κ1) is 58.9. The van der Waals surface area contributed by atoms with Crippen molar-refractivity contribution in [2.24, 2.45) is 11.7 Å². The number of amides is 5. The van der Waals surface area contributed by atoms with Gasteiger partial charge in [-0.25, -0.2) is 19.2 Å². The number of fused-ring (bicyclic) bond motifs is 2. The molecule has 0 unspecified atom stereocenters. The number of β-amino-alcohol motifs (C(OH)–C–C–N with tert-alkyl or cyclic N) is 1. The molecule has 6 N–H and O–H groups in total.